The molecule has 2 rings (SSSR count). The number of carbonyl (C=O) groups is 1. The van der Waals surface area contributed by atoms with Gasteiger partial charge in [-0.05, 0) is 61.7 Å². The summed E-state index contributed by atoms with van der Waals surface area (Å²) in [5, 5.41) is 4.03. The molecule has 1 amide bonds. The third-order valence-electron chi connectivity index (χ3n) is 2.61. The molecule has 1 aromatic carbocycles. The molecular weight excluding hydrogens is 437 g/mol. The summed E-state index contributed by atoms with van der Waals surface area (Å²) in [5.41, 5.74) is 3.44. The van der Waals surface area contributed by atoms with Crippen molar-refractivity contribution in [3.8, 4) is 5.75 Å². The first-order valence-electron chi connectivity index (χ1n) is 6.00. The Morgan fingerprint density at radius 2 is 2.09 bits per heavy atom. The number of methoxy groups -OCH3 is 1. The van der Waals surface area contributed by atoms with Crippen LogP contribution in [0.4, 0.5) is 0 Å². The Hall–Kier alpha value is -1.44. The summed E-state index contributed by atoms with van der Waals surface area (Å²) in [6.45, 7) is 0. The third kappa shape index (κ3) is 4.06. The fourth-order valence-electron chi connectivity index (χ4n) is 1.63. The Morgan fingerprint density at radius 1 is 1.41 bits per heavy atom. The molecule has 0 aliphatic carbocycles. The first-order valence-corrected chi connectivity index (χ1v) is 7.96. The van der Waals surface area contributed by atoms with Gasteiger partial charge >= 0.3 is 0 Å². The molecule has 0 saturated carbocycles. The highest BCUT2D eigenvalue weighted by Crippen LogP contribution is 2.33. The van der Waals surface area contributed by atoms with Crippen LogP contribution in [0.1, 0.15) is 15.9 Å². The Morgan fingerprint density at radius 3 is 2.68 bits per heavy atom. The number of halogens is 3. The number of rotatable bonds is 4. The summed E-state index contributed by atoms with van der Waals surface area (Å²) in [6.07, 6.45) is 3.02. The molecular formula is C14H10Br2ClN3O2. The van der Waals surface area contributed by atoms with Gasteiger partial charge in [-0.1, -0.05) is 11.6 Å². The van der Waals surface area contributed by atoms with Gasteiger partial charge in [0.1, 0.15) is 10.9 Å². The first kappa shape index (κ1) is 16.9. The number of hydrazone groups is 1. The van der Waals surface area contributed by atoms with E-state index in [1.807, 2.05) is 12.1 Å². The van der Waals surface area contributed by atoms with E-state index in [0.29, 0.717) is 5.75 Å². The average molecular weight is 448 g/mol. The minimum absolute atomic E-state index is 0.130. The maximum absolute atomic E-state index is 11.9. The van der Waals surface area contributed by atoms with Gasteiger partial charge < -0.3 is 4.74 Å². The molecule has 2 aromatic rings. The van der Waals surface area contributed by atoms with Gasteiger partial charge in [-0.15, -0.1) is 0 Å². The van der Waals surface area contributed by atoms with Gasteiger partial charge in [-0.2, -0.15) is 5.10 Å². The van der Waals surface area contributed by atoms with Gasteiger partial charge in [0, 0.05) is 6.20 Å². The van der Waals surface area contributed by atoms with Crippen molar-refractivity contribution in [2.45, 2.75) is 0 Å². The minimum atomic E-state index is -0.430. The van der Waals surface area contributed by atoms with E-state index in [9.17, 15) is 4.79 Å². The summed E-state index contributed by atoms with van der Waals surface area (Å²) in [5.74, 6) is 0.254. The second-order valence-corrected chi connectivity index (χ2v) is 6.13. The largest absolute Gasteiger partial charge is 0.494 e. The normalized spacial score (nSPS) is 10.7. The lowest BCUT2D eigenvalue weighted by molar-refractivity contribution is 0.0955. The highest BCUT2D eigenvalue weighted by atomic mass is 79.9. The fourth-order valence-corrected chi connectivity index (χ4v) is 3.38. The molecule has 0 radical (unpaired) electrons. The lowest BCUT2D eigenvalue weighted by atomic mass is 10.2. The summed E-state index contributed by atoms with van der Waals surface area (Å²) in [4.78, 5) is 15.7. The number of benzene rings is 1. The predicted octanol–water partition coefficient (Wildman–Crippen LogP) is 4.03. The first-order chi connectivity index (χ1) is 10.5. The number of nitrogens with one attached hydrogen (secondary N) is 1. The van der Waals surface area contributed by atoms with Crippen LogP contribution in [0, 0.1) is 0 Å². The Balaban J connectivity index is 2.10. The molecule has 0 saturated heterocycles. The lowest BCUT2D eigenvalue weighted by Crippen LogP contribution is -2.18. The molecule has 1 aromatic heterocycles. The van der Waals surface area contributed by atoms with Crippen molar-refractivity contribution in [1.29, 1.82) is 0 Å². The van der Waals surface area contributed by atoms with E-state index in [2.05, 4.69) is 47.4 Å². The number of nitrogens with zero attached hydrogens (tertiary/aromatic N) is 2. The second kappa shape index (κ2) is 7.71. The molecule has 0 aliphatic heterocycles. The zero-order valence-corrected chi connectivity index (χ0v) is 15.2. The monoisotopic (exact) mass is 445 g/mol. The number of hydrogen-bond acceptors (Lipinski definition) is 4. The van der Waals surface area contributed by atoms with Crippen LogP contribution in [-0.4, -0.2) is 24.2 Å². The van der Waals surface area contributed by atoms with Gasteiger partial charge in [0.05, 0.1) is 27.8 Å². The molecule has 0 aliphatic rings. The van der Waals surface area contributed by atoms with Crippen LogP contribution in [0.3, 0.4) is 0 Å². The van der Waals surface area contributed by atoms with Crippen LogP contribution in [0.5, 0.6) is 5.75 Å². The fraction of sp³-hybridized carbons (Fsp3) is 0.0714. The van der Waals surface area contributed by atoms with E-state index in [0.717, 1.165) is 14.5 Å². The van der Waals surface area contributed by atoms with E-state index in [1.165, 1.54) is 12.4 Å². The minimum Gasteiger partial charge on any atom is -0.494 e. The topological polar surface area (TPSA) is 63.6 Å². The van der Waals surface area contributed by atoms with Crippen molar-refractivity contribution in [2.24, 2.45) is 5.10 Å². The maximum atomic E-state index is 11.9. The van der Waals surface area contributed by atoms with Crippen molar-refractivity contribution >= 4 is 55.6 Å². The zero-order valence-electron chi connectivity index (χ0n) is 11.3. The number of pyridine rings is 1. The number of aromatic nitrogens is 1. The van der Waals surface area contributed by atoms with Crippen LogP contribution >= 0.6 is 43.5 Å². The van der Waals surface area contributed by atoms with E-state index in [4.69, 9.17) is 16.3 Å². The summed E-state index contributed by atoms with van der Waals surface area (Å²) >= 11 is 12.6. The summed E-state index contributed by atoms with van der Waals surface area (Å²) in [7, 11) is 1.58. The zero-order chi connectivity index (χ0) is 16.1. The van der Waals surface area contributed by atoms with Crippen molar-refractivity contribution in [2.75, 3.05) is 7.11 Å². The number of amides is 1. The van der Waals surface area contributed by atoms with Crippen molar-refractivity contribution in [3.05, 3.63) is 55.7 Å². The van der Waals surface area contributed by atoms with Gasteiger partial charge in [-0.25, -0.2) is 10.4 Å². The Bertz CT molecular complexity index is 715. The van der Waals surface area contributed by atoms with Crippen LogP contribution < -0.4 is 10.2 Å². The van der Waals surface area contributed by atoms with E-state index >= 15 is 0 Å². The van der Waals surface area contributed by atoms with E-state index in [1.54, 1.807) is 19.2 Å². The molecule has 5 nitrogen and oxygen atoms in total. The highest BCUT2D eigenvalue weighted by molar-refractivity contribution is 9.11. The Labute approximate surface area is 149 Å². The molecule has 0 fully saturated rings. The molecule has 8 heteroatoms. The van der Waals surface area contributed by atoms with E-state index in [-0.39, 0.29) is 10.7 Å². The molecule has 114 valence electrons. The van der Waals surface area contributed by atoms with Crippen molar-refractivity contribution in [3.63, 3.8) is 0 Å². The summed E-state index contributed by atoms with van der Waals surface area (Å²) in [6, 6.07) is 6.83. The molecule has 0 unspecified atom stereocenters. The molecule has 1 N–H and O–H groups in total. The number of ether oxygens (including phenoxy) is 1. The Kier molecular flexibility index (Phi) is 5.93. The van der Waals surface area contributed by atoms with Crippen LogP contribution in [0.15, 0.2) is 44.5 Å². The van der Waals surface area contributed by atoms with Gasteiger partial charge in [0.2, 0.25) is 0 Å². The van der Waals surface area contributed by atoms with Crippen LogP contribution in [-0.2, 0) is 0 Å². The SMILES string of the molecule is COc1c(Br)cc(C=NNC(=O)c2cccnc2Cl)cc1Br. The lowest BCUT2D eigenvalue weighted by Gasteiger charge is -2.06. The van der Waals surface area contributed by atoms with E-state index < -0.39 is 5.91 Å². The third-order valence-corrected chi connectivity index (χ3v) is 4.09. The highest BCUT2D eigenvalue weighted by Gasteiger charge is 2.10. The summed E-state index contributed by atoms with van der Waals surface area (Å²) < 4.78 is 6.76. The van der Waals surface area contributed by atoms with Crippen LogP contribution in [0.25, 0.3) is 0 Å². The van der Waals surface area contributed by atoms with Gasteiger partial charge in [0.25, 0.3) is 5.91 Å². The maximum Gasteiger partial charge on any atom is 0.274 e. The second-order valence-electron chi connectivity index (χ2n) is 4.06. The van der Waals surface area contributed by atoms with Crippen molar-refractivity contribution < 1.29 is 9.53 Å². The molecule has 22 heavy (non-hydrogen) atoms. The number of hydrogen-bond donors (Lipinski definition) is 1. The van der Waals surface area contributed by atoms with Gasteiger partial charge in [0.15, 0.2) is 0 Å². The molecule has 0 bridgehead atoms. The predicted molar refractivity (Wildman–Crippen MR) is 92.7 cm³/mol. The molecule has 0 spiro atoms. The number of carbonyl (C=O) groups excluding carboxylic acids is 1. The smallest absolute Gasteiger partial charge is 0.274 e. The average Bonchev–Trinajstić information content (AvgIpc) is 2.47. The van der Waals surface area contributed by atoms with Crippen LogP contribution in [0.2, 0.25) is 5.15 Å². The molecule has 0 atom stereocenters. The quantitative estimate of drug-likeness (QED) is 0.437. The van der Waals surface area contributed by atoms with Gasteiger partial charge in [-0.3, -0.25) is 4.79 Å². The molecule has 1 heterocycles. The van der Waals surface area contributed by atoms with Crippen molar-refractivity contribution in [1.82, 2.24) is 10.4 Å². The standard InChI is InChI=1S/C14H10Br2ClN3O2/c1-22-12-10(15)5-8(6-11(12)16)7-19-20-14(21)9-3-2-4-18-13(9)17/h2-7H,1H3,(H,20,21).